The zero-order valence-corrected chi connectivity index (χ0v) is 7.69. The minimum Gasteiger partial charge on any atom is -0.330 e. The summed E-state index contributed by atoms with van der Waals surface area (Å²) in [6.45, 7) is 0.310. The highest BCUT2D eigenvalue weighted by atomic mass is 16.2. The number of rotatable bonds is 2. The molecule has 0 N–H and O–H groups in total. The molecule has 0 radical (unpaired) electrons. The smallest absolute Gasteiger partial charge is 0.272 e. The molecular formula is C9H11N3O. The number of hydrogen-bond donors (Lipinski definition) is 0. The van der Waals surface area contributed by atoms with Crippen LogP contribution in [0.1, 0.15) is 10.5 Å². The van der Waals surface area contributed by atoms with Gasteiger partial charge in [0.1, 0.15) is 5.69 Å². The SMILES string of the molecule is C#CCN(C)C(=O)c1cncn1C. The van der Waals surface area contributed by atoms with Gasteiger partial charge in [-0.2, -0.15) is 0 Å². The van der Waals surface area contributed by atoms with Crippen molar-refractivity contribution in [3.05, 3.63) is 18.2 Å². The maximum Gasteiger partial charge on any atom is 0.272 e. The van der Waals surface area contributed by atoms with E-state index in [1.165, 1.54) is 11.1 Å². The standard InChI is InChI=1S/C9H11N3O/c1-4-5-11(2)9(13)8-6-10-7-12(8)3/h1,6-7H,5H2,2-3H3. The van der Waals surface area contributed by atoms with E-state index >= 15 is 0 Å². The largest absolute Gasteiger partial charge is 0.330 e. The summed E-state index contributed by atoms with van der Waals surface area (Å²) < 4.78 is 1.66. The summed E-state index contributed by atoms with van der Waals surface area (Å²) in [6.07, 6.45) is 8.20. The molecule has 0 spiro atoms. The number of hydrogen-bond acceptors (Lipinski definition) is 2. The maximum absolute atomic E-state index is 11.6. The third-order valence-electron chi connectivity index (χ3n) is 1.71. The minimum atomic E-state index is -0.113. The van der Waals surface area contributed by atoms with Crippen molar-refractivity contribution < 1.29 is 4.79 Å². The van der Waals surface area contributed by atoms with Crippen LogP contribution in [0.5, 0.6) is 0 Å². The Labute approximate surface area is 77.2 Å². The number of carbonyl (C=O) groups excluding carboxylic acids is 1. The van der Waals surface area contributed by atoms with E-state index in [4.69, 9.17) is 6.42 Å². The Kier molecular flexibility index (Phi) is 2.70. The highest BCUT2D eigenvalue weighted by molar-refractivity contribution is 5.92. The van der Waals surface area contributed by atoms with Crippen LogP contribution in [-0.4, -0.2) is 34.0 Å². The van der Waals surface area contributed by atoms with Gasteiger partial charge in [-0.1, -0.05) is 5.92 Å². The summed E-state index contributed by atoms with van der Waals surface area (Å²) in [5.74, 6) is 2.29. The molecule has 1 aromatic rings. The second kappa shape index (κ2) is 3.76. The summed E-state index contributed by atoms with van der Waals surface area (Å²) in [4.78, 5) is 16.9. The van der Waals surface area contributed by atoms with Gasteiger partial charge in [0.25, 0.3) is 5.91 Å². The maximum atomic E-state index is 11.6. The molecule has 13 heavy (non-hydrogen) atoms. The van der Waals surface area contributed by atoms with Gasteiger partial charge in [0.05, 0.1) is 19.1 Å². The number of imidazole rings is 1. The molecule has 0 atom stereocenters. The Morgan fingerprint density at radius 1 is 1.85 bits per heavy atom. The molecule has 0 aliphatic heterocycles. The molecule has 0 saturated carbocycles. The Morgan fingerprint density at radius 2 is 2.54 bits per heavy atom. The van der Waals surface area contributed by atoms with Crippen LogP contribution in [0.4, 0.5) is 0 Å². The van der Waals surface area contributed by atoms with Gasteiger partial charge in [-0.15, -0.1) is 6.42 Å². The van der Waals surface area contributed by atoms with Crippen LogP contribution in [-0.2, 0) is 7.05 Å². The zero-order chi connectivity index (χ0) is 9.84. The molecule has 0 bridgehead atoms. The predicted molar refractivity (Wildman–Crippen MR) is 49.0 cm³/mol. The van der Waals surface area contributed by atoms with Gasteiger partial charge in [0.2, 0.25) is 0 Å². The van der Waals surface area contributed by atoms with Gasteiger partial charge < -0.3 is 9.47 Å². The first-order chi connectivity index (χ1) is 6.16. The zero-order valence-electron chi connectivity index (χ0n) is 7.69. The molecule has 68 valence electrons. The van der Waals surface area contributed by atoms with Gasteiger partial charge in [0, 0.05) is 14.1 Å². The Hall–Kier alpha value is -1.76. The van der Waals surface area contributed by atoms with E-state index in [0.717, 1.165) is 0 Å². The van der Waals surface area contributed by atoms with Crippen LogP contribution in [0.25, 0.3) is 0 Å². The van der Waals surface area contributed by atoms with E-state index in [9.17, 15) is 4.79 Å². The van der Waals surface area contributed by atoms with Crippen molar-refractivity contribution in [1.82, 2.24) is 14.5 Å². The molecule has 0 aliphatic rings. The Bertz CT molecular complexity index is 348. The number of amides is 1. The highest BCUT2D eigenvalue weighted by Crippen LogP contribution is 2.00. The Balaban J connectivity index is 2.81. The van der Waals surface area contributed by atoms with E-state index in [1.807, 2.05) is 0 Å². The van der Waals surface area contributed by atoms with E-state index in [2.05, 4.69) is 10.9 Å². The summed E-state index contributed by atoms with van der Waals surface area (Å²) in [6, 6.07) is 0. The van der Waals surface area contributed by atoms with Gasteiger partial charge in [-0.25, -0.2) is 4.98 Å². The second-order valence-corrected chi connectivity index (χ2v) is 2.76. The molecule has 0 unspecified atom stereocenters. The quantitative estimate of drug-likeness (QED) is 0.602. The predicted octanol–water partition coefficient (Wildman–Crippen LogP) is 0.125. The molecule has 1 amide bonds. The average molecular weight is 177 g/mol. The highest BCUT2D eigenvalue weighted by Gasteiger charge is 2.13. The van der Waals surface area contributed by atoms with Crippen LogP contribution in [0.15, 0.2) is 12.5 Å². The average Bonchev–Trinajstić information content (AvgIpc) is 2.50. The van der Waals surface area contributed by atoms with Crippen LogP contribution >= 0.6 is 0 Å². The summed E-state index contributed by atoms with van der Waals surface area (Å²) >= 11 is 0. The Morgan fingerprint density at radius 3 is 3.00 bits per heavy atom. The van der Waals surface area contributed by atoms with Crippen molar-refractivity contribution in [2.75, 3.05) is 13.6 Å². The van der Waals surface area contributed by atoms with Gasteiger partial charge in [0.15, 0.2) is 0 Å². The third-order valence-corrected chi connectivity index (χ3v) is 1.71. The lowest BCUT2D eigenvalue weighted by Gasteiger charge is -2.13. The molecule has 1 rings (SSSR count). The van der Waals surface area contributed by atoms with Gasteiger partial charge >= 0.3 is 0 Å². The fraction of sp³-hybridized carbons (Fsp3) is 0.333. The fourth-order valence-corrected chi connectivity index (χ4v) is 0.968. The van der Waals surface area contributed by atoms with Crippen LogP contribution < -0.4 is 0 Å². The van der Waals surface area contributed by atoms with Crippen molar-refractivity contribution in [3.8, 4) is 12.3 Å². The van der Waals surface area contributed by atoms with Crippen LogP contribution in [0.2, 0.25) is 0 Å². The molecule has 4 nitrogen and oxygen atoms in total. The van der Waals surface area contributed by atoms with Gasteiger partial charge in [-0.3, -0.25) is 4.79 Å². The molecule has 0 aromatic carbocycles. The third kappa shape index (κ3) is 1.88. The molecule has 4 heteroatoms. The summed E-state index contributed by atoms with van der Waals surface area (Å²) in [7, 11) is 3.43. The molecule has 1 heterocycles. The number of terminal acetylenes is 1. The van der Waals surface area contributed by atoms with Crippen molar-refractivity contribution in [1.29, 1.82) is 0 Å². The first kappa shape index (κ1) is 9.33. The lowest BCUT2D eigenvalue weighted by Crippen LogP contribution is -2.28. The van der Waals surface area contributed by atoms with Crippen LogP contribution in [0.3, 0.4) is 0 Å². The molecule has 0 aliphatic carbocycles. The van der Waals surface area contributed by atoms with Crippen LogP contribution in [0, 0.1) is 12.3 Å². The second-order valence-electron chi connectivity index (χ2n) is 2.76. The molecule has 0 fully saturated rings. The molecular weight excluding hydrogens is 166 g/mol. The number of aromatic nitrogens is 2. The van der Waals surface area contributed by atoms with Crippen molar-refractivity contribution >= 4 is 5.91 Å². The van der Waals surface area contributed by atoms with Crippen molar-refractivity contribution in [2.24, 2.45) is 7.05 Å². The van der Waals surface area contributed by atoms with Gasteiger partial charge in [-0.05, 0) is 0 Å². The lowest BCUT2D eigenvalue weighted by molar-refractivity contribution is 0.0803. The number of carbonyl (C=O) groups is 1. The first-order valence-corrected chi connectivity index (χ1v) is 3.82. The molecule has 0 saturated heterocycles. The number of aryl methyl sites for hydroxylation is 1. The summed E-state index contributed by atoms with van der Waals surface area (Å²) in [5, 5.41) is 0. The first-order valence-electron chi connectivity index (χ1n) is 3.82. The minimum absolute atomic E-state index is 0.113. The van der Waals surface area contributed by atoms with E-state index < -0.39 is 0 Å². The monoisotopic (exact) mass is 177 g/mol. The van der Waals surface area contributed by atoms with E-state index in [1.54, 1.807) is 25.0 Å². The topological polar surface area (TPSA) is 38.1 Å². The van der Waals surface area contributed by atoms with E-state index in [-0.39, 0.29) is 5.91 Å². The lowest BCUT2D eigenvalue weighted by atomic mass is 10.4. The number of nitrogens with zero attached hydrogens (tertiary/aromatic N) is 3. The fourth-order valence-electron chi connectivity index (χ4n) is 0.968. The van der Waals surface area contributed by atoms with Crippen molar-refractivity contribution in [3.63, 3.8) is 0 Å². The van der Waals surface area contributed by atoms with E-state index in [0.29, 0.717) is 12.2 Å². The summed E-state index contributed by atoms with van der Waals surface area (Å²) in [5.41, 5.74) is 0.540. The normalized spacial score (nSPS) is 9.31. The van der Waals surface area contributed by atoms with Crippen molar-refractivity contribution in [2.45, 2.75) is 0 Å². The molecule has 1 aromatic heterocycles.